The maximum absolute atomic E-state index is 12.2. The van der Waals surface area contributed by atoms with Crippen molar-refractivity contribution in [1.82, 2.24) is 0 Å². The van der Waals surface area contributed by atoms with Crippen molar-refractivity contribution in [3.8, 4) is 0 Å². The maximum Gasteiger partial charge on any atom is 0.348 e. The number of carboxylic acid groups (broad SMARTS) is 1. The molecule has 22 heavy (non-hydrogen) atoms. The van der Waals surface area contributed by atoms with Crippen LogP contribution in [0.2, 0.25) is 0 Å². The van der Waals surface area contributed by atoms with Crippen molar-refractivity contribution in [2.24, 2.45) is 27.6 Å². The molecule has 0 aromatic heterocycles. The zero-order chi connectivity index (χ0) is 18.1. The van der Waals surface area contributed by atoms with E-state index < -0.39 is 28.2 Å². The predicted octanol–water partition coefficient (Wildman–Crippen LogP) is 4.22. The summed E-state index contributed by atoms with van der Waals surface area (Å²) in [5.41, 5.74) is -2.52. The van der Waals surface area contributed by atoms with Gasteiger partial charge in [-0.05, 0) is 36.0 Å². The molecule has 0 amide bonds. The minimum atomic E-state index is -1.06. The Kier molecular flexibility index (Phi) is 5.88. The van der Waals surface area contributed by atoms with Gasteiger partial charge in [-0.3, -0.25) is 4.79 Å². The molecule has 2 atom stereocenters. The van der Waals surface area contributed by atoms with Crippen LogP contribution in [0.25, 0.3) is 0 Å². The molecule has 0 saturated carbocycles. The minimum absolute atomic E-state index is 0.0561. The molecule has 0 radical (unpaired) electrons. The molecule has 2 N–H and O–H groups in total. The fraction of sp³-hybridized carbons (Fsp3) is 0.882. The van der Waals surface area contributed by atoms with Crippen LogP contribution in [-0.4, -0.2) is 22.3 Å². The Morgan fingerprint density at radius 2 is 1.36 bits per heavy atom. The van der Waals surface area contributed by atoms with Gasteiger partial charge >= 0.3 is 11.9 Å². The zero-order valence-electron chi connectivity index (χ0n) is 15.4. The Labute approximate surface area is 134 Å². The van der Waals surface area contributed by atoms with Gasteiger partial charge in [0, 0.05) is 6.42 Å². The van der Waals surface area contributed by atoms with E-state index in [1.165, 1.54) is 0 Å². The smallest absolute Gasteiger partial charge is 0.348 e. The summed E-state index contributed by atoms with van der Waals surface area (Å²) < 4.78 is 0. The lowest BCUT2D eigenvalue weighted by Crippen LogP contribution is -2.57. The standard InChI is InChI=1S/C17H32O5/c1-14(2,3)11(10-12(18)19)17(9,15(4,5)6)16(7,8)13(20)22-21/h11,21H,10H2,1-9H3,(H,18,19). The second kappa shape index (κ2) is 6.19. The number of rotatable bonds is 5. The van der Waals surface area contributed by atoms with Gasteiger partial charge in [0.1, 0.15) is 0 Å². The number of carbonyl (C=O) groups is 2. The zero-order valence-corrected chi connectivity index (χ0v) is 15.4. The molecule has 0 spiro atoms. The molecule has 0 rings (SSSR count). The summed E-state index contributed by atoms with van der Waals surface area (Å²) in [6.07, 6.45) is -0.0561. The van der Waals surface area contributed by atoms with Crippen molar-refractivity contribution in [3.05, 3.63) is 0 Å². The first kappa shape index (κ1) is 20.9. The number of hydrogen-bond donors (Lipinski definition) is 2. The lowest BCUT2D eigenvalue weighted by molar-refractivity contribution is -0.258. The Hall–Kier alpha value is -1.10. The van der Waals surface area contributed by atoms with Crippen molar-refractivity contribution >= 4 is 11.9 Å². The summed E-state index contributed by atoms with van der Waals surface area (Å²) in [5.74, 6) is -1.94. The van der Waals surface area contributed by atoms with Gasteiger partial charge in [-0.2, -0.15) is 5.26 Å². The summed E-state index contributed by atoms with van der Waals surface area (Å²) in [7, 11) is 0. The Morgan fingerprint density at radius 3 is 1.59 bits per heavy atom. The second-order valence-electron chi connectivity index (χ2n) is 8.97. The third-order valence-corrected chi connectivity index (χ3v) is 5.57. The fourth-order valence-corrected chi connectivity index (χ4v) is 3.77. The lowest BCUT2D eigenvalue weighted by atomic mass is 9.45. The molecule has 0 fully saturated rings. The average Bonchev–Trinajstić information content (AvgIpc) is 2.30. The van der Waals surface area contributed by atoms with Crippen LogP contribution in [0.15, 0.2) is 0 Å². The maximum atomic E-state index is 12.2. The minimum Gasteiger partial charge on any atom is -0.481 e. The number of aliphatic carboxylic acids is 1. The van der Waals surface area contributed by atoms with Crippen LogP contribution >= 0.6 is 0 Å². The van der Waals surface area contributed by atoms with E-state index in [0.717, 1.165) is 0 Å². The molecule has 0 aliphatic rings. The molecule has 0 bridgehead atoms. The molecule has 5 heteroatoms. The third-order valence-electron chi connectivity index (χ3n) is 5.57. The normalized spacial score (nSPS) is 17.5. The van der Waals surface area contributed by atoms with E-state index >= 15 is 0 Å². The largest absolute Gasteiger partial charge is 0.481 e. The topological polar surface area (TPSA) is 83.8 Å². The first-order valence-electron chi connectivity index (χ1n) is 7.61. The van der Waals surface area contributed by atoms with Gasteiger partial charge in [0.2, 0.25) is 0 Å². The van der Waals surface area contributed by atoms with Gasteiger partial charge in [-0.25, -0.2) is 4.79 Å². The van der Waals surface area contributed by atoms with Crippen LogP contribution in [0, 0.1) is 27.6 Å². The summed E-state index contributed by atoms with van der Waals surface area (Å²) in [4.78, 5) is 27.7. The summed E-state index contributed by atoms with van der Waals surface area (Å²) in [5, 5.41) is 18.3. The molecular weight excluding hydrogens is 284 g/mol. The molecular formula is C17H32O5. The van der Waals surface area contributed by atoms with E-state index in [4.69, 9.17) is 5.26 Å². The van der Waals surface area contributed by atoms with Gasteiger partial charge in [-0.15, -0.1) is 0 Å². The summed E-state index contributed by atoms with van der Waals surface area (Å²) in [6, 6.07) is 0. The van der Waals surface area contributed by atoms with Crippen molar-refractivity contribution in [2.45, 2.75) is 68.7 Å². The predicted molar refractivity (Wildman–Crippen MR) is 85.3 cm³/mol. The molecule has 0 aliphatic carbocycles. The highest BCUT2D eigenvalue weighted by molar-refractivity contribution is 5.77. The fourth-order valence-electron chi connectivity index (χ4n) is 3.77. The molecule has 0 heterocycles. The van der Waals surface area contributed by atoms with Crippen LogP contribution in [0.1, 0.15) is 68.7 Å². The van der Waals surface area contributed by atoms with E-state index in [2.05, 4.69) is 4.89 Å². The Balaban J connectivity index is 6.42. The van der Waals surface area contributed by atoms with Gasteiger partial charge in [0.15, 0.2) is 0 Å². The van der Waals surface area contributed by atoms with Gasteiger partial charge in [-0.1, -0.05) is 48.5 Å². The van der Waals surface area contributed by atoms with Gasteiger partial charge < -0.3 is 9.99 Å². The van der Waals surface area contributed by atoms with Gasteiger partial charge in [0.25, 0.3) is 0 Å². The van der Waals surface area contributed by atoms with E-state index in [9.17, 15) is 14.7 Å². The molecule has 0 aromatic rings. The van der Waals surface area contributed by atoms with Crippen molar-refractivity contribution in [3.63, 3.8) is 0 Å². The van der Waals surface area contributed by atoms with E-state index in [1.54, 1.807) is 13.8 Å². The number of carbonyl (C=O) groups excluding carboxylic acids is 1. The van der Waals surface area contributed by atoms with Gasteiger partial charge in [0.05, 0.1) is 5.41 Å². The van der Waals surface area contributed by atoms with Crippen LogP contribution < -0.4 is 0 Å². The average molecular weight is 316 g/mol. The van der Waals surface area contributed by atoms with Crippen molar-refractivity contribution in [2.75, 3.05) is 0 Å². The quantitative estimate of drug-likeness (QED) is 0.586. The Bertz CT molecular complexity index is 425. The van der Waals surface area contributed by atoms with Crippen LogP contribution in [0.5, 0.6) is 0 Å². The van der Waals surface area contributed by atoms with E-state index in [0.29, 0.717) is 0 Å². The lowest BCUT2D eigenvalue weighted by Gasteiger charge is -2.58. The van der Waals surface area contributed by atoms with Crippen LogP contribution in [0.4, 0.5) is 0 Å². The second-order valence-corrected chi connectivity index (χ2v) is 8.97. The highest BCUT2D eigenvalue weighted by Crippen LogP contribution is 2.61. The van der Waals surface area contributed by atoms with Crippen LogP contribution in [0.3, 0.4) is 0 Å². The molecule has 0 aromatic carbocycles. The van der Waals surface area contributed by atoms with Crippen molar-refractivity contribution in [1.29, 1.82) is 0 Å². The molecule has 2 unspecified atom stereocenters. The highest BCUT2D eigenvalue weighted by atomic mass is 17.1. The first-order valence-corrected chi connectivity index (χ1v) is 7.61. The molecule has 0 aliphatic heterocycles. The number of hydrogen-bond acceptors (Lipinski definition) is 4. The Morgan fingerprint density at radius 1 is 0.955 bits per heavy atom. The SMILES string of the molecule is CC(C)(C)C(CC(=O)O)C(C)(C(C)(C)C)C(C)(C)C(=O)OO. The van der Waals surface area contributed by atoms with E-state index in [1.807, 2.05) is 48.5 Å². The molecule has 0 saturated heterocycles. The third kappa shape index (κ3) is 3.62. The van der Waals surface area contributed by atoms with Crippen LogP contribution in [-0.2, 0) is 14.5 Å². The first-order chi connectivity index (χ1) is 9.53. The highest BCUT2D eigenvalue weighted by Gasteiger charge is 2.60. The number of carboxylic acids is 1. The molecule has 5 nitrogen and oxygen atoms in total. The van der Waals surface area contributed by atoms with E-state index in [-0.39, 0.29) is 17.8 Å². The summed E-state index contributed by atoms with van der Waals surface area (Å²) in [6.45, 7) is 17.2. The summed E-state index contributed by atoms with van der Waals surface area (Å²) >= 11 is 0. The van der Waals surface area contributed by atoms with Crippen molar-refractivity contribution < 1.29 is 24.8 Å². The molecule has 130 valence electrons. The monoisotopic (exact) mass is 316 g/mol.